The molecule has 1 N–H and O–H groups in total. The quantitative estimate of drug-likeness (QED) is 0.885. The average molecular weight is 301 g/mol. The molecule has 0 saturated heterocycles. The van der Waals surface area contributed by atoms with Crippen molar-refractivity contribution in [3.05, 3.63) is 52.2 Å². The highest BCUT2D eigenvalue weighted by Crippen LogP contribution is 2.49. The third-order valence-electron chi connectivity index (χ3n) is 3.92. The van der Waals surface area contributed by atoms with Gasteiger partial charge >= 0.3 is 0 Å². The lowest BCUT2D eigenvalue weighted by molar-refractivity contribution is 0.0946. The Balaban J connectivity index is 1.68. The Morgan fingerprint density at radius 3 is 2.76 bits per heavy atom. The molecule has 1 aromatic carbocycles. The summed E-state index contributed by atoms with van der Waals surface area (Å²) in [5, 5.41) is 5.18. The fourth-order valence-electron chi connectivity index (χ4n) is 2.52. The summed E-state index contributed by atoms with van der Waals surface area (Å²) >= 11 is 1.78. The SMILES string of the molecule is CCOc1ccccc1C(=O)NCC1(c2cccs2)CC1. The third kappa shape index (κ3) is 2.95. The minimum atomic E-state index is -0.0538. The molecule has 1 amide bonds. The number of carbonyl (C=O) groups is 1. The van der Waals surface area contributed by atoms with Gasteiger partial charge in [-0.2, -0.15) is 0 Å². The number of amides is 1. The largest absolute Gasteiger partial charge is 0.493 e. The van der Waals surface area contributed by atoms with Crippen LogP contribution < -0.4 is 10.1 Å². The zero-order chi connectivity index (χ0) is 14.7. The van der Waals surface area contributed by atoms with Crippen LogP contribution in [0.25, 0.3) is 0 Å². The molecule has 21 heavy (non-hydrogen) atoms. The Labute approximate surface area is 129 Å². The van der Waals surface area contributed by atoms with Crippen LogP contribution >= 0.6 is 11.3 Å². The maximum Gasteiger partial charge on any atom is 0.255 e. The summed E-state index contributed by atoms with van der Waals surface area (Å²) in [5.74, 6) is 0.598. The van der Waals surface area contributed by atoms with E-state index >= 15 is 0 Å². The minimum Gasteiger partial charge on any atom is -0.493 e. The Morgan fingerprint density at radius 1 is 1.29 bits per heavy atom. The number of para-hydroxylation sites is 1. The van der Waals surface area contributed by atoms with Crippen LogP contribution in [0.2, 0.25) is 0 Å². The fraction of sp³-hybridized carbons (Fsp3) is 0.353. The predicted molar refractivity (Wildman–Crippen MR) is 85.2 cm³/mol. The molecule has 1 saturated carbocycles. The summed E-state index contributed by atoms with van der Waals surface area (Å²) in [6.07, 6.45) is 2.31. The van der Waals surface area contributed by atoms with Crippen molar-refractivity contribution in [2.75, 3.05) is 13.2 Å². The van der Waals surface area contributed by atoms with Gasteiger partial charge in [0.15, 0.2) is 0 Å². The second-order valence-electron chi connectivity index (χ2n) is 5.37. The van der Waals surface area contributed by atoms with E-state index in [4.69, 9.17) is 4.74 Å². The molecule has 1 aromatic heterocycles. The van der Waals surface area contributed by atoms with Crippen molar-refractivity contribution in [1.29, 1.82) is 0 Å². The number of thiophene rings is 1. The van der Waals surface area contributed by atoms with E-state index in [2.05, 4.69) is 22.8 Å². The molecule has 0 bridgehead atoms. The van der Waals surface area contributed by atoms with Crippen molar-refractivity contribution in [2.45, 2.75) is 25.2 Å². The lowest BCUT2D eigenvalue weighted by Gasteiger charge is -2.15. The maximum atomic E-state index is 12.4. The summed E-state index contributed by atoms with van der Waals surface area (Å²) in [6, 6.07) is 11.6. The van der Waals surface area contributed by atoms with Crippen molar-refractivity contribution in [2.24, 2.45) is 0 Å². The molecule has 4 heteroatoms. The molecule has 1 aliphatic rings. The van der Waals surface area contributed by atoms with Gasteiger partial charge in [-0.3, -0.25) is 4.79 Å². The second kappa shape index (κ2) is 5.90. The molecule has 0 radical (unpaired) electrons. The van der Waals surface area contributed by atoms with Gasteiger partial charge in [-0.15, -0.1) is 11.3 Å². The summed E-state index contributed by atoms with van der Waals surface area (Å²) in [7, 11) is 0. The van der Waals surface area contributed by atoms with Crippen LogP contribution in [0.5, 0.6) is 5.75 Å². The van der Waals surface area contributed by atoms with Gasteiger partial charge in [0.1, 0.15) is 5.75 Å². The van der Waals surface area contributed by atoms with E-state index in [9.17, 15) is 4.79 Å². The summed E-state index contributed by atoms with van der Waals surface area (Å²) in [6.45, 7) is 3.18. The second-order valence-corrected chi connectivity index (χ2v) is 6.32. The lowest BCUT2D eigenvalue weighted by atomic mass is 10.0. The van der Waals surface area contributed by atoms with Crippen molar-refractivity contribution in [1.82, 2.24) is 5.32 Å². The molecular weight excluding hydrogens is 282 g/mol. The fourth-order valence-corrected chi connectivity index (χ4v) is 3.51. The van der Waals surface area contributed by atoms with E-state index < -0.39 is 0 Å². The molecule has 3 nitrogen and oxygen atoms in total. The van der Waals surface area contributed by atoms with Gasteiger partial charge in [0.2, 0.25) is 0 Å². The normalized spacial score (nSPS) is 15.5. The van der Waals surface area contributed by atoms with Gasteiger partial charge in [-0.05, 0) is 43.3 Å². The first kappa shape index (κ1) is 14.1. The monoisotopic (exact) mass is 301 g/mol. The van der Waals surface area contributed by atoms with Gasteiger partial charge in [0.05, 0.1) is 12.2 Å². The van der Waals surface area contributed by atoms with Crippen molar-refractivity contribution in [3.8, 4) is 5.75 Å². The zero-order valence-corrected chi connectivity index (χ0v) is 12.9. The molecule has 0 unspecified atom stereocenters. The molecule has 0 spiro atoms. The Hall–Kier alpha value is -1.81. The highest BCUT2D eigenvalue weighted by Gasteiger charge is 2.45. The van der Waals surface area contributed by atoms with Crippen LogP contribution in [-0.2, 0) is 5.41 Å². The molecular formula is C17H19NO2S. The van der Waals surface area contributed by atoms with E-state index in [1.807, 2.05) is 31.2 Å². The molecule has 2 aromatic rings. The van der Waals surface area contributed by atoms with Gasteiger partial charge in [-0.1, -0.05) is 18.2 Å². The summed E-state index contributed by atoms with van der Waals surface area (Å²) in [5.41, 5.74) is 0.783. The van der Waals surface area contributed by atoms with Crippen molar-refractivity contribution in [3.63, 3.8) is 0 Å². The van der Waals surface area contributed by atoms with Crippen LogP contribution in [0, 0.1) is 0 Å². The lowest BCUT2D eigenvalue weighted by Crippen LogP contribution is -2.32. The number of hydrogen-bond acceptors (Lipinski definition) is 3. The van der Waals surface area contributed by atoms with E-state index in [0.717, 1.165) is 12.8 Å². The molecule has 1 aliphatic carbocycles. The molecule has 1 fully saturated rings. The van der Waals surface area contributed by atoms with E-state index in [1.54, 1.807) is 11.3 Å². The van der Waals surface area contributed by atoms with Crippen molar-refractivity contribution >= 4 is 17.2 Å². The van der Waals surface area contributed by atoms with E-state index in [1.165, 1.54) is 4.88 Å². The Morgan fingerprint density at radius 2 is 2.10 bits per heavy atom. The number of benzene rings is 1. The summed E-state index contributed by atoms with van der Waals surface area (Å²) in [4.78, 5) is 13.8. The molecule has 110 valence electrons. The molecule has 0 aliphatic heterocycles. The van der Waals surface area contributed by atoms with Crippen molar-refractivity contribution < 1.29 is 9.53 Å². The Kier molecular flexibility index (Phi) is 3.97. The number of rotatable bonds is 6. The predicted octanol–water partition coefficient (Wildman–Crippen LogP) is 3.61. The highest BCUT2D eigenvalue weighted by molar-refractivity contribution is 7.10. The van der Waals surface area contributed by atoms with Crippen LogP contribution in [0.1, 0.15) is 35.0 Å². The van der Waals surface area contributed by atoms with Gasteiger partial charge in [-0.25, -0.2) is 0 Å². The first-order valence-electron chi connectivity index (χ1n) is 7.29. The zero-order valence-electron chi connectivity index (χ0n) is 12.1. The number of ether oxygens (including phenoxy) is 1. The standard InChI is InChI=1S/C17H19NO2S/c1-2-20-14-7-4-3-6-13(14)16(19)18-12-17(9-10-17)15-8-5-11-21-15/h3-8,11H,2,9-10,12H2,1H3,(H,18,19). The first-order valence-corrected chi connectivity index (χ1v) is 8.17. The van der Waals surface area contributed by atoms with Crippen LogP contribution in [0.3, 0.4) is 0 Å². The Bertz CT molecular complexity index is 617. The van der Waals surface area contributed by atoms with Gasteiger partial charge < -0.3 is 10.1 Å². The molecule has 3 rings (SSSR count). The van der Waals surface area contributed by atoms with Crippen LogP contribution in [0.15, 0.2) is 41.8 Å². The highest BCUT2D eigenvalue weighted by atomic mass is 32.1. The van der Waals surface area contributed by atoms with E-state index in [0.29, 0.717) is 24.5 Å². The minimum absolute atomic E-state index is 0.0538. The first-order chi connectivity index (χ1) is 10.2. The van der Waals surface area contributed by atoms with Gasteiger partial charge in [0, 0.05) is 16.8 Å². The maximum absolute atomic E-state index is 12.4. The van der Waals surface area contributed by atoms with Crippen LogP contribution in [-0.4, -0.2) is 19.1 Å². The van der Waals surface area contributed by atoms with Crippen LogP contribution in [0.4, 0.5) is 0 Å². The topological polar surface area (TPSA) is 38.3 Å². The number of nitrogens with one attached hydrogen (secondary N) is 1. The van der Waals surface area contributed by atoms with Gasteiger partial charge in [0.25, 0.3) is 5.91 Å². The van der Waals surface area contributed by atoms with E-state index in [-0.39, 0.29) is 11.3 Å². The number of hydrogen-bond donors (Lipinski definition) is 1. The number of carbonyl (C=O) groups excluding carboxylic acids is 1. The third-order valence-corrected chi connectivity index (χ3v) is 5.03. The molecule has 1 heterocycles. The smallest absolute Gasteiger partial charge is 0.255 e. The average Bonchev–Trinajstić information content (AvgIpc) is 3.09. The summed E-state index contributed by atoms with van der Waals surface area (Å²) < 4.78 is 5.52. The molecule has 0 atom stereocenters.